The summed E-state index contributed by atoms with van der Waals surface area (Å²) < 4.78 is 5.20. The van der Waals surface area contributed by atoms with Crippen LogP contribution in [0.1, 0.15) is 18.9 Å². The molecule has 1 atom stereocenters. The smallest absolute Gasteiger partial charge is 0.327 e. The number of fused-ring (bicyclic) bond motifs is 1. The third-order valence-electron chi connectivity index (χ3n) is 3.43. The lowest BCUT2D eigenvalue weighted by molar-refractivity contribution is -0.138. The summed E-state index contributed by atoms with van der Waals surface area (Å²) >= 11 is 0. The maximum atomic E-state index is 12.3. The fourth-order valence-corrected chi connectivity index (χ4v) is 2.43. The molecule has 0 aromatic heterocycles. The molecule has 6 heteroatoms. The SMILES string of the molecule is CCOCCCNC(=O)N1c2ccccc2C[C@H]1C(=O)O. The van der Waals surface area contributed by atoms with Gasteiger partial charge in [0.25, 0.3) is 0 Å². The molecule has 0 fully saturated rings. The largest absolute Gasteiger partial charge is 0.480 e. The van der Waals surface area contributed by atoms with E-state index in [2.05, 4.69) is 5.32 Å². The van der Waals surface area contributed by atoms with E-state index in [1.165, 1.54) is 4.90 Å². The summed E-state index contributed by atoms with van der Waals surface area (Å²) in [7, 11) is 0. The number of carboxylic acid groups (broad SMARTS) is 1. The molecule has 6 nitrogen and oxygen atoms in total. The zero-order valence-electron chi connectivity index (χ0n) is 12.0. The van der Waals surface area contributed by atoms with Gasteiger partial charge in [0.2, 0.25) is 0 Å². The number of benzene rings is 1. The molecule has 1 aromatic rings. The lowest BCUT2D eigenvalue weighted by Crippen LogP contribution is -2.48. The predicted molar refractivity (Wildman–Crippen MR) is 78.6 cm³/mol. The Balaban J connectivity index is 2.01. The van der Waals surface area contributed by atoms with Crippen LogP contribution >= 0.6 is 0 Å². The number of ether oxygens (including phenoxy) is 1. The van der Waals surface area contributed by atoms with Crippen LogP contribution in [0, 0.1) is 0 Å². The van der Waals surface area contributed by atoms with Crippen molar-refractivity contribution in [1.82, 2.24) is 5.32 Å². The maximum absolute atomic E-state index is 12.3. The summed E-state index contributed by atoms with van der Waals surface area (Å²) in [5.41, 5.74) is 1.56. The Hall–Kier alpha value is -2.08. The van der Waals surface area contributed by atoms with Gasteiger partial charge in [0.1, 0.15) is 6.04 Å². The average molecular weight is 292 g/mol. The molecule has 1 heterocycles. The zero-order valence-corrected chi connectivity index (χ0v) is 12.0. The summed E-state index contributed by atoms with van der Waals surface area (Å²) in [5.74, 6) is -0.990. The highest BCUT2D eigenvalue weighted by molar-refractivity contribution is 6.01. The van der Waals surface area contributed by atoms with Crippen LogP contribution in [0.2, 0.25) is 0 Å². The molecule has 0 saturated heterocycles. The number of nitrogens with zero attached hydrogens (tertiary/aromatic N) is 1. The molecular weight excluding hydrogens is 272 g/mol. The number of nitrogens with one attached hydrogen (secondary N) is 1. The van der Waals surface area contributed by atoms with Gasteiger partial charge in [-0.05, 0) is 25.0 Å². The monoisotopic (exact) mass is 292 g/mol. The van der Waals surface area contributed by atoms with Crippen LogP contribution in [0.15, 0.2) is 24.3 Å². The summed E-state index contributed by atoms with van der Waals surface area (Å²) in [6.07, 6.45) is 1.05. The maximum Gasteiger partial charge on any atom is 0.327 e. The van der Waals surface area contributed by atoms with Crippen LogP contribution in [-0.2, 0) is 16.0 Å². The number of urea groups is 1. The van der Waals surface area contributed by atoms with E-state index >= 15 is 0 Å². The van der Waals surface area contributed by atoms with Gasteiger partial charge in [0, 0.05) is 31.9 Å². The molecule has 1 aromatic carbocycles. The molecule has 2 rings (SSSR count). The van der Waals surface area contributed by atoms with Gasteiger partial charge in [-0.25, -0.2) is 9.59 Å². The van der Waals surface area contributed by atoms with Crippen molar-refractivity contribution in [2.24, 2.45) is 0 Å². The standard InChI is InChI=1S/C15H20N2O4/c1-2-21-9-5-8-16-15(20)17-12-7-4-3-6-11(12)10-13(17)14(18)19/h3-4,6-7,13H,2,5,8-10H2,1H3,(H,16,20)(H,18,19)/t13-/m0/s1. The molecule has 21 heavy (non-hydrogen) atoms. The van der Waals surface area contributed by atoms with E-state index in [0.29, 0.717) is 38.3 Å². The van der Waals surface area contributed by atoms with Gasteiger partial charge in [-0.2, -0.15) is 0 Å². The Morgan fingerprint density at radius 3 is 2.90 bits per heavy atom. The van der Waals surface area contributed by atoms with E-state index in [0.717, 1.165) is 5.56 Å². The number of rotatable bonds is 6. The molecule has 2 N–H and O–H groups in total. The minimum Gasteiger partial charge on any atom is -0.480 e. The van der Waals surface area contributed by atoms with Crippen molar-refractivity contribution >= 4 is 17.7 Å². The first kappa shape index (κ1) is 15.3. The highest BCUT2D eigenvalue weighted by atomic mass is 16.5. The second kappa shape index (κ2) is 7.08. The Bertz CT molecular complexity index is 518. The summed E-state index contributed by atoms with van der Waals surface area (Å²) in [4.78, 5) is 25.0. The number of carbonyl (C=O) groups is 2. The molecule has 0 bridgehead atoms. The highest BCUT2D eigenvalue weighted by Crippen LogP contribution is 2.32. The number of aliphatic carboxylic acids is 1. The molecule has 0 unspecified atom stereocenters. The zero-order chi connectivity index (χ0) is 15.2. The first-order chi connectivity index (χ1) is 10.1. The highest BCUT2D eigenvalue weighted by Gasteiger charge is 2.38. The van der Waals surface area contributed by atoms with Crippen molar-refractivity contribution in [3.8, 4) is 0 Å². The number of para-hydroxylation sites is 1. The fourth-order valence-electron chi connectivity index (χ4n) is 2.43. The Morgan fingerprint density at radius 2 is 2.19 bits per heavy atom. The lowest BCUT2D eigenvalue weighted by Gasteiger charge is -2.23. The van der Waals surface area contributed by atoms with Crippen LogP contribution in [0.5, 0.6) is 0 Å². The van der Waals surface area contributed by atoms with Crippen LogP contribution < -0.4 is 10.2 Å². The van der Waals surface area contributed by atoms with E-state index in [-0.39, 0.29) is 6.03 Å². The number of carboxylic acids is 1. The van der Waals surface area contributed by atoms with Gasteiger partial charge >= 0.3 is 12.0 Å². The normalized spacial score (nSPS) is 16.6. The number of anilines is 1. The molecule has 114 valence electrons. The fraction of sp³-hybridized carbons (Fsp3) is 0.467. The molecule has 0 aliphatic carbocycles. The van der Waals surface area contributed by atoms with Gasteiger partial charge in [-0.15, -0.1) is 0 Å². The van der Waals surface area contributed by atoms with Crippen molar-refractivity contribution in [3.63, 3.8) is 0 Å². The van der Waals surface area contributed by atoms with Crippen LogP contribution in [0.3, 0.4) is 0 Å². The van der Waals surface area contributed by atoms with Gasteiger partial charge in [0.15, 0.2) is 0 Å². The summed E-state index contributed by atoms with van der Waals surface area (Å²) in [6.45, 7) is 3.60. The molecule has 0 spiro atoms. The second-order valence-corrected chi connectivity index (χ2v) is 4.84. The minimum atomic E-state index is -0.990. The number of hydrogen-bond acceptors (Lipinski definition) is 3. The van der Waals surface area contributed by atoms with E-state index in [1.54, 1.807) is 12.1 Å². The van der Waals surface area contributed by atoms with Crippen molar-refractivity contribution in [2.75, 3.05) is 24.7 Å². The lowest BCUT2D eigenvalue weighted by atomic mass is 10.1. The van der Waals surface area contributed by atoms with Gasteiger partial charge in [0.05, 0.1) is 0 Å². The van der Waals surface area contributed by atoms with Crippen LogP contribution in [-0.4, -0.2) is 42.9 Å². The van der Waals surface area contributed by atoms with Gasteiger partial charge in [-0.3, -0.25) is 4.90 Å². The molecular formula is C15H20N2O4. The van der Waals surface area contributed by atoms with E-state index < -0.39 is 12.0 Å². The Kier molecular flexibility index (Phi) is 5.16. The third-order valence-corrected chi connectivity index (χ3v) is 3.43. The van der Waals surface area contributed by atoms with Crippen molar-refractivity contribution < 1.29 is 19.4 Å². The molecule has 0 saturated carbocycles. The summed E-state index contributed by atoms with van der Waals surface area (Å²) in [5, 5.41) is 12.1. The number of carbonyl (C=O) groups excluding carboxylic acids is 1. The third kappa shape index (κ3) is 3.52. The molecule has 1 aliphatic heterocycles. The van der Waals surface area contributed by atoms with E-state index in [4.69, 9.17) is 4.74 Å². The molecule has 1 aliphatic rings. The number of hydrogen-bond donors (Lipinski definition) is 2. The number of amides is 2. The van der Waals surface area contributed by atoms with Crippen molar-refractivity contribution in [1.29, 1.82) is 0 Å². The van der Waals surface area contributed by atoms with E-state index in [9.17, 15) is 14.7 Å². The molecule has 2 amide bonds. The van der Waals surface area contributed by atoms with Gasteiger partial charge < -0.3 is 15.2 Å². The molecule has 0 radical (unpaired) electrons. The van der Waals surface area contributed by atoms with E-state index in [1.807, 2.05) is 19.1 Å². The van der Waals surface area contributed by atoms with Crippen LogP contribution in [0.4, 0.5) is 10.5 Å². The Morgan fingerprint density at radius 1 is 1.43 bits per heavy atom. The van der Waals surface area contributed by atoms with Crippen molar-refractivity contribution in [3.05, 3.63) is 29.8 Å². The van der Waals surface area contributed by atoms with Crippen molar-refractivity contribution in [2.45, 2.75) is 25.8 Å². The quantitative estimate of drug-likeness (QED) is 0.781. The topological polar surface area (TPSA) is 78.9 Å². The Labute approximate surface area is 123 Å². The summed E-state index contributed by atoms with van der Waals surface area (Å²) in [6, 6.07) is 6.07. The predicted octanol–water partition coefficient (Wildman–Crippen LogP) is 1.64. The first-order valence-electron chi connectivity index (χ1n) is 7.10. The first-order valence-corrected chi connectivity index (χ1v) is 7.10. The van der Waals surface area contributed by atoms with Crippen LogP contribution in [0.25, 0.3) is 0 Å². The average Bonchev–Trinajstić information content (AvgIpc) is 2.86. The minimum absolute atomic E-state index is 0.345. The van der Waals surface area contributed by atoms with Gasteiger partial charge in [-0.1, -0.05) is 18.2 Å². The second-order valence-electron chi connectivity index (χ2n) is 4.84.